The molecule has 1 aliphatic rings. The Morgan fingerprint density at radius 2 is 2.14 bits per heavy atom. The number of carbonyl (C=O) groups is 1. The molecule has 2 atom stereocenters. The minimum Gasteiger partial charge on any atom is -0.394 e. The van der Waals surface area contributed by atoms with Crippen LogP contribution in [0.5, 0.6) is 0 Å². The Bertz CT molecular complexity index is 626. The molecule has 0 saturated carbocycles. The number of aliphatic hydroxyl groups excluding tert-OH is 1. The van der Waals surface area contributed by atoms with Crippen LogP contribution in [0.3, 0.4) is 0 Å². The minimum absolute atomic E-state index is 0.0142. The summed E-state index contributed by atoms with van der Waals surface area (Å²) in [5, 5.41) is 17.4. The van der Waals surface area contributed by atoms with E-state index < -0.39 is 0 Å². The molecular formula is C15H18N4O2. The third-order valence-corrected chi connectivity index (χ3v) is 4.06. The van der Waals surface area contributed by atoms with Gasteiger partial charge in [0, 0.05) is 6.54 Å². The number of carbonyl (C=O) groups excluding carboxylic acids is 1. The Morgan fingerprint density at radius 1 is 1.38 bits per heavy atom. The second kappa shape index (κ2) is 5.65. The molecule has 3 rings (SSSR count). The zero-order chi connectivity index (χ0) is 14.8. The van der Waals surface area contributed by atoms with Crippen molar-refractivity contribution in [3.63, 3.8) is 0 Å². The average Bonchev–Trinajstić information content (AvgIpc) is 3.14. The molecular weight excluding hydrogens is 268 g/mol. The van der Waals surface area contributed by atoms with Gasteiger partial charge in [-0.1, -0.05) is 30.3 Å². The van der Waals surface area contributed by atoms with Crippen LogP contribution in [-0.4, -0.2) is 50.1 Å². The van der Waals surface area contributed by atoms with Crippen molar-refractivity contribution in [1.82, 2.24) is 19.9 Å². The van der Waals surface area contributed by atoms with Crippen molar-refractivity contribution in [3.05, 3.63) is 42.2 Å². The van der Waals surface area contributed by atoms with Gasteiger partial charge in [0.2, 0.25) is 0 Å². The summed E-state index contributed by atoms with van der Waals surface area (Å²) < 4.78 is 1.58. The SMILES string of the molecule is CC1CCN(C(=O)c2cn(-c3ccccc3)nn2)C1CO. The number of para-hydroxylation sites is 1. The maximum atomic E-state index is 12.5. The zero-order valence-electron chi connectivity index (χ0n) is 11.9. The molecule has 6 nitrogen and oxygen atoms in total. The molecule has 1 saturated heterocycles. The van der Waals surface area contributed by atoms with Crippen molar-refractivity contribution >= 4 is 5.91 Å². The normalized spacial score (nSPS) is 21.7. The van der Waals surface area contributed by atoms with Crippen molar-refractivity contribution in [2.24, 2.45) is 5.92 Å². The van der Waals surface area contributed by atoms with Gasteiger partial charge in [0.15, 0.2) is 5.69 Å². The van der Waals surface area contributed by atoms with Gasteiger partial charge >= 0.3 is 0 Å². The van der Waals surface area contributed by atoms with Gasteiger partial charge in [0.25, 0.3) is 5.91 Å². The molecule has 1 aromatic heterocycles. The van der Waals surface area contributed by atoms with Crippen LogP contribution in [0.15, 0.2) is 36.5 Å². The summed E-state index contributed by atoms with van der Waals surface area (Å²) in [5.74, 6) is 0.142. The molecule has 2 aromatic rings. The number of hydrogen-bond donors (Lipinski definition) is 1. The smallest absolute Gasteiger partial charge is 0.276 e. The molecule has 6 heteroatoms. The van der Waals surface area contributed by atoms with Crippen LogP contribution in [0.25, 0.3) is 5.69 Å². The molecule has 110 valence electrons. The largest absolute Gasteiger partial charge is 0.394 e. The van der Waals surface area contributed by atoms with E-state index in [1.807, 2.05) is 30.3 Å². The second-order valence-electron chi connectivity index (χ2n) is 5.40. The first kappa shape index (κ1) is 13.8. The number of rotatable bonds is 3. The lowest BCUT2D eigenvalue weighted by Gasteiger charge is -2.24. The van der Waals surface area contributed by atoms with E-state index in [1.54, 1.807) is 15.8 Å². The fourth-order valence-corrected chi connectivity index (χ4v) is 2.75. The van der Waals surface area contributed by atoms with Crippen LogP contribution in [-0.2, 0) is 0 Å². The Balaban J connectivity index is 1.82. The van der Waals surface area contributed by atoms with Gasteiger partial charge in [0.05, 0.1) is 24.5 Å². The van der Waals surface area contributed by atoms with E-state index in [0.717, 1.165) is 12.1 Å². The molecule has 0 spiro atoms. The van der Waals surface area contributed by atoms with E-state index in [2.05, 4.69) is 17.2 Å². The highest BCUT2D eigenvalue weighted by atomic mass is 16.3. The summed E-state index contributed by atoms with van der Waals surface area (Å²) in [4.78, 5) is 14.2. The first-order valence-corrected chi connectivity index (χ1v) is 7.10. The highest BCUT2D eigenvalue weighted by Gasteiger charge is 2.35. The monoisotopic (exact) mass is 286 g/mol. The number of likely N-dealkylation sites (tertiary alicyclic amines) is 1. The van der Waals surface area contributed by atoms with Crippen LogP contribution >= 0.6 is 0 Å². The minimum atomic E-state index is -0.166. The molecule has 0 bridgehead atoms. The summed E-state index contributed by atoms with van der Waals surface area (Å²) in [7, 11) is 0. The van der Waals surface area contributed by atoms with Crippen molar-refractivity contribution < 1.29 is 9.90 Å². The van der Waals surface area contributed by atoms with Crippen LogP contribution in [0, 0.1) is 5.92 Å². The topological polar surface area (TPSA) is 71.2 Å². The molecule has 1 N–H and O–H groups in total. The van der Waals surface area contributed by atoms with Gasteiger partial charge in [-0.05, 0) is 24.5 Å². The van der Waals surface area contributed by atoms with Gasteiger partial charge in [-0.15, -0.1) is 5.10 Å². The van der Waals surface area contributed by atoms with E-state index in [1.165, 1.54) is 0 Å². The quantitative estimate of drug-likeness (QED) is 0.917. The molecule has 1 fully saturated rings. The first-order chi connectivity index (χ1) is 10.2. The van der Waals surface area contributed by atoms with Gasteiger partial charge in [-0.3, -0.25) is 4.79 Å². The summed E-state index contributed by atoms with van der Waals surface area (Å²) in [5.41, 5.74) is 1.17. The summed E-state index contributed by atoms with van der Waals surface area (Å²) in [6.07, 6.45) is 2.54. The van der Waals surface area contributed by atoms with Gasteiger partial charge in [-0.2, -0.15) is 0 Å². The predicted octanol–water partition coefficient (Wildman–Crippen LogP) is 1.11. The Morgan fingerprint density at radius 3 is 2.86 bits per heavy atom. The number of amides is 1. The first-order valence-electron chi connectivity index (χ1n) is 7.10. The van der Waals surface area contributed by atoms with Crippen LogP contribution < -0.4 is 0 Å². The van der Waals surface area contributed by atoms with E-state index >= 15 is 0 Å². The van der Waals surface area contributed by atoms with E-state index in [-0.39, 0.29) is 18.6 Å². The maximum absolute atomic E-state index is 12.5. The molecule has 21 heavy (non-hydrogen) atoms. The Kier molecular flexibility index (Phi) is 3.70. The zero-order valence-corrected chi connectivity index (χ0v) is 11.9. The van der Waals surface area contributed by atoms with Crippen LogP contribution in [0.4, 0.5) is 0 Å². The lowest BCUT2D eigenvalue weighted by atomic mass is 10.0. The maximum Gasteiger partial charge on any atom is 0.276 e. The lowest BCUT2D eigenvalue weighted by Crippen LogP contribution is -2.40. The summed E-state index contributed by atoms with van der Waals surface area (Å²) >= 11 is 0. The van der Waals surface area contributed by atoms with Crippen LogP contribution in [0.1, 0.15) is 23.8 Å². The van der Waals surface area contributed by atoms with Gasteiger partial charge in [-0.25, -0.2) is 4.68 Å². The number of benzene rings is 1. The molecule has 0 radical (unpaired) electrons. The number of aromatic nitrogens is 3. The summed E-state index contributed by atoms with van der Waals surface area (Å²) in [6, 6.07) is 9.41. The van der Waals surface area contributed by atoms with E-state index in [4.69, 9.17) is 0 Å². The van der Waals surface area contributed by atoms with Gasteiger partial charge in [0.1, 0.15) is 0 Å². The fourth-order valence-electron chi connectivity index (χ4n) is 2.75. The molecule has 2 heterocycles. The molecule has 1 aliphatic heterocycles. The molecule has 1 aromatic carbocycles. The average molecular weight is 286 g/mol. The molecule has 0 aliphatic carbocycles. The van der Waals surface area contributed by atoms with Crippen molar-refractivity contribution in [2.75, 3.05) is 13.2 Å². The highest BCUT2D eigenvalue weighted by Crippen LogP contribution is 2.25. The lowest BCUT2D eigenvalue weighted by molar-refractivity contribution is 0.0642. The fraction of sp³-hybridized carbons (Fsp3) is 0.400. The van der Waals surface area contributed by atoms with E-state index in [9.17, 15) is 9.90 Å². The van der Waals surface area contributed by atoms with Crippen molar-refractivity contribution in [2.45, 2.75) is 19.4 Å². The molecule has 2 unspecified atom stereocenters. The number of hydrogen-bond acceptors (Lipinski definition) is 4. The second-order valence-corrected chi connectivity index (χ2v) is 5.40. The highest BCUT2D eigenvalue weighted by molar-refractivity contribution is 5.92. The third-order valence-electron chi connectivity index (χ3n) is 4.06. The predicted molar refractivity (Wildman–Crippen MR) is 77.1 cm³/mol. The van der Waals surface area contributed by atoms with E-state index in [0.29, 0.717) is 18.2 Å². The standard InChI is InChI=1S/C15H18N4O2/c1-11-7-8-18(14(11)10-20)15(21)13-9-19(17-16-13)12-5-3-2-4-6-12/h2-6,9,11,14,20H,7-8,10H2,1H3. The Labute approximate surface area is 123 Å². The molecule has 1 amide bonds. The summed E-state index contributed by atoms with van der Waals surface area (Å²) in [6.45, 7) is 2.69. The van der Waals surface area contributed by atoms with Crippen LogP contribution in [0.2, 0.25) is 0 Å². The Hall–Kier alpha value is -2.21. The number of nitrogens with zero attached hydrogens (tertiary/aromatic N) is 4. The van der Waals surface area contributed by atoms with Gasteiger partial charge < -0.3 is 10.0 Å². The third kappa shape index (κ3) is 2.54. The van der Waals surface area contributed by atoms with Crippen molar-refractivity contribution in [1.29, 1.82) is 0 Å². The van der Waals surface area contributed by atoms with Crippen molar-refractivity contribution in [3.8, 4) is 5.69 Å². The number of aliphatic hydroxyl groups is 1.